The number of ether oxygens (including phenoxy) is 1. The second-order valence-corrected chi connectivity index (χ2v) is 5.46. The van der Waals surface area contributed by atoms with E-state index in [0.29, 0.717) is 0 Å². The summed E-state index contributed by atoms with van der Waals surface area (Å²) in [6, 6.07) is 16.4. The molecule has 0 fully saturated rings. The summed E-state index contributed by atoms with van der Waals surface area (Å²) >= 11 is 1.75. The van der Waals surface area contributed by atoms with Crippen molar-refractivity contribution in [1.29, 1.82) is 0 Å². The number of hydrogen-bond donors (Lipinski definition) is 1. The topological polar surface area (TPSA) is 29.5 Å². The van der Waals surface area contributed by atoms with Crippen LogP contribution in [0.4, 0.5) is 0 Å². The van der Waals surface area contributed by atoms with Crippen LogP contribution in [0.1, 0.15) is 5.56 Å². The van der Waals surface area contributed by atoms with Crippen molar-refractivity contribution in [3.05, 3.63) is 54.1 Å². The van der Waals surface area contributed by atoms with Crippen LogP contribution in [0.15, 0.2) is 48.5 Å². The molecule has 0 bridgehead atoms. The van der Waals surface area contributed by atoms with E-state index in [1.165, 1.54) is 15.0 Å². The number of methoxy groups -OCH3 is 1. The number of aliphatic hydroxyl groups is 1. The molecule has 0 radical (unpaired) electrons. The van der Waals surface area contributed by atoms with Crippen LogP contribution in [0.5, 0.6) is 5.75 Å². The van der Waals surface area contributed by atoms with Crippen molar-refractivity contribution < 1.29 is 9.84 Å². The third-order valence-corrected chi connectivity index (χ3v) is 4.26. The van der Waals surface area contributed by atoms with Crippen LogP contribution in [0, 0.1) is 0 Å². The Balaban J connectivity index is 2.14. The molecular formula is C16H14O2S. The molecule has 1 N–H and O–H groups in total. The van der Waals surface area contributed by atoms with E-state index < -0.39 is 0 Å². The van der Waals surface area contributed by atoms with Crippen molar-refractivity contribution in [2.24, 2.45) is 0 Å². The van der Waals surface area contributed by atoms with E-state index in [4.69, 9.17) is 4.74 Å². The molecule has 3 aromatic rings. The van der Waals surface area contributed by atoms with Crippen molar-refractivity contribution in [3.8, 4) is 16.2 Å². The fourth-order valence-electron chi connectivity index (χ4n) is 2.14. The number of aliphatic hydroxyl groups excluding tert-OH is 1. The van der Waals surface area contributed by atoms with Gasteiger partial charge in [0.2, 0.25) is 0 Å². The molecule has 0 aliphatic heterocycles. The first-order valence-corrected chi connectivity index (χ1v) is 6.89. The minimum Gasteiger partial charge on any atom is -0.497 e. The molecule has 1 aromatic heterocycles. The summed E-state index contributed by atoms with van der Waals surface area (Å²) < 4.78 is 6.56. The van der Waals surface area contributed by atoms with Crippen LogP contribution in [0.3, 0.4) is 0 Å². The smallest absolute Gasteiger partial charge is 0.119 e. The number of hydrogen-bond acceptors (Lipinski definition) is 3. The van der Waals surface area contributed by atoms with Gasteiger partial charge in [0.1, 0.15) is 5.75 Å². The molecule has 0 saturated carbocycles. The van der Waals surface area contributed by atoms with Gasteiger partial charge in [-0.3, -0.25) is 0 Å². The first-order valence-electron chi connectivity index (χ1n) is 6.08. The van der Waals surface area contributed by atoms with E-state index in [1.807, 2.05) is 30.3 Å². The Labute approximate surface area is 115 Å². The Morgan fingerprint density at radius 2 is 1.95 bits per heavy atom. The summed E-state index contributed by atoms with van der Waals surface area (Å²) in [4.78, 5) is 1.19. The Morgan fingerprint density at radius 1 is 1.11 bits per heavy atom. The molecule has 0 unspecified atom stereocenters. The lowest BCUT2D eigenvalue weighted by atomic mass is 10.1. The van der Waals surface area contributed by atoms with Gasteiger partial charge in [0, 0.05) is 9.58 Å². The van der Waals surface area contributed by atoms with Gasteiger partial charge in [-0.15, -0.1) is 11.3 Å². The van der Waals surface area contributed by atoms with E-state index in [9.17, 15) is 5.11 Å². The Hall–Kier alpha value is -1.84. The van der Waals surface area contributed by atoms with E-state index in [1.54, 1.807) is 18.4 Å². The fraction of sp³-hybridized carbons (Fsp3) is 0.125. The monoisotopic (exact) mass is 270 g/mol. The maximum atomic E-state index is 9.32. The molecule has 0 saturated heterocycles. The summed E-state index contributed by atoms with van der Waals surface area (Å²) in [6.45, 7) is 0.0229. The molecule has 0 atom stereocenters. The highest BCUT2D eigenvalue weighted by Crippen LogP contribution is 2.35. The maximum absolute atomic E-state index is 9.32. The van der Waals surface area contributed by atoms with Gasteiger partial charge < -0.3 is 9.84 Å². The highest BCUT2D eigenvalue weighted by molar-refractivity contribution is 7.22. The minimum absolute atomic E-state index is 0.0229. The maximum Gasteiger partial charge on any atom is 0.119 e. The quantitative estimate of drug-likeness (QED) is 0.777. The lowest BCUT2D eigenvalue weighted by Crippen LogP contribution is -1.88. The number of rotatable bonds is 3. The fourth-order valence-corrected chi connectivity index (χ4v) is 3.19. The highest BCUT2D eigenvalue weighted by atomic mass is 32.1. The summed E-state index contributed by atoms with van der Waals surface area (Å²) in [6.07, 6.45) is 0. The molecule has 3 rings (SSSR count). The van der Waals surface area contributed by atoms with E-state index in [0.717, 1.165) is 16.9 Å². The summed E-state index contributed by atoms with van der Waals surface area (Å²) in [7, 11) is 1.64. The second-order valence-electron chi connectivity index (χ2n) is 4.38. The Bertz CT molecular complexity index is 660. The zero-order chi connectivity index (χ0) is 13.2. The average molecular weight is 270 g/mol. The van der Waals surface area contributed by atoms with Gasteiger partial charge in [0.15, 0.2) is 0 Å². The third kappa shape index (κ3) is 2.35. The van der Waals surface area contributed by atoms with Crippen LogP contribution in [0.25, 0.3) is 20.5 Å². The molecule has 3 heteroatoms. The average Bonchev–Trinajstić information content (AvgIpc) is 2.90. The first-order chi connectivity index (χ1) is 9.30. The van der Waals surface area contributed by atoms with Crippen molar-refractivity contribution in [3.63, 3.8) is 0 Å². The van der Waals surface area contributed by atoms with Crippen LogP contribution < -0.4 is 4.74 Å². The van der Waals surface area contributed by atoms with Crippen LogP contribution >= 0.6 is 11.3 Å². The van der Waals surface area contributed by atoms with Gasteiger partial charge in [0.05, 0.1) is 13.7 Å². The number of thiophene rings is 1. The summed E-state index contributed by atoms with van der Waals surface area (Å²) in [5.74, 6) is 0.777. The van der Waals surface area contributed by atoms with E-state index >= 15 is 0 Å². The molecular weight excluding hydrogens is 256 g/mol. The zero-order valence-corrected chi connectivity index (χ0v) is 11.4. The molecule has 2 nitrogen and oxygen atoms in total. The second kappa shape index (κ2) is 5.03. The number of fused-ring (bicyclic) bond motifs is 1. The Morgan fingerprint density at radius 3 is 2.68 bits per heavy atom. The normalized spacial score (nSPS) is 10.8. The minimum atomic E-state index is 0.0229. The van der Waals surface area contributed by atoms with Gasteiger partial charge in [-0.2, -0.15) is 0 Å². The van der Waals surface area contributed by atoms with Gasteiger partial charge >= 0.3 is 0 Å². The predicted molar refractivity (Wildman–Crippen MR) is 79.7 cm³/mol. The molecule has 19 heavy (non-hydrogen) atoms. The lowest BCUT2D eigenvalue weighted by molar-refractivity contribution is 0.281. The largest absolute Gasteiger partial charge is 0.497 e. The molecule has 1 heterocycles. The lowest BCUT2D eigenvalue weighted by Gasteiger charge is -2.06. The van der Waals surface area contributed by atoms with Crippen molar-refractivity contribution in [1.82, 2.24) is 0 Å². The summed E-state index contributed by atoms with van der Waals surface area (Å²) in [5, 5.41) is 10.6. The van der Waals surface area contributed by atoms with Crippen LogP contribution in [0.2, 0.25) is 0 Å². The molecule has 0 aliphatic rings. The van der Waals surface area contributed by atoms with E-state index in [2.05, 4.69) is 18.2 Å². The van der Waals surface area contributed by atoms with Gasteiger partial charge in [-0.25, -0.2) is 0 Å². The van der Waals surface area contributed by atoms with Gasteiger partial charge in [-0.05, 0) is 46.8 Å². The number of benzene rings is 2. The molecule has 96 valence electrons. The molecule has 0 aliphatic carbocycles. The van der Waals surface area contributed by atoms with Gasteiger partial charge in [0.25, 0.3) is 0 Å². The van der Waals surface area contributed by atoms with Crippen molar-refractivity contribution in [2.75, 3.05) is 7.11 Å². The van der Waals surface area contributed by atoms with Crippen LogP contribution in [-0.4, -0.2) is 12.2 Å². The first kappa shape index (κ1) is 12.2. The highest BCUT2D eigenvalue weighted by Gasteiger charge is 2.07. The van der Waals surface area contributed by atoms with Crippen molar-refractivity contribution in [2.45, 2.75) is 6.61 Å². The van der Waals surface area contributed by atoms with Crippen LogP contribution in [-0.2, 0) is 6.61 Å². The summed E-state index contributed by atoms with van der Waals surface area (Å²) in [5.41, 5.74) is 1.96. The molecule has 2 aromatic carbocycles. The molecule has 0 spiro atoms. The Kier molecular flexibility index (Phi) is 3.23. The molecule has 0 amide bonds. The van der Waals surface area contributed by atoms with Gasteiger partial charge in [-0.1, -0.05) is 18.2 Å². The zero-order valence-electron chi connectivity index (χ0n) is 10.6. The predicted octanol–water partition coefficient (Wildman–Crippen LogP) is 4.07. The van der Waals surface area contributed by atoms with E-state index in [-0.39, 0.29) is 6.61 Å². The van der Waals surface area contributed by atoms with Crippen molar-refractivity contribution >= 4 is 21.4 Å². The third-order valence-electron chi connectivity index (χ3n) is 3.09. The standard InChI is InChI=1S/C16H14O2S/c1-18-14-7-11(10-17)6-13(8-14)16-9-12-4-2-3-5-15(12)19-16/h2-9,17H,10H2,1H3. The SMILES string of the molecule is COc1cc(CO)cc(-c2cc3ccccc3s2)c1.